The molecule has 0 bridgehead atoms. The highest BCUT2D eigenvalue weighted by Crippen LogP contribution is 2.37. The lowest BCUT2D eigenvalue weighted by atomic mass is 9.92. The van der Waals surface area contributed by atoms with Gasteiger partial charge in [-0.25, -0.2) is 4.79 Å². The maximum Gasteiger partial charge on any atom is 0.350 e. The third kappa shape index (κ3) is 3.57. The molecule has 0 N–H and O–H groups in total. The van der Waals surface area contributed by atoms with Crippen LogP contribution in [-0.4, -0.2) is 30.8 Å². The van der Waals surface area contributed by atoms with Crippen molar-refractivity contribution >= 4 is 50.6 Å². The molecular weight excluding hydrogens is 370 g/mol. The molecule has 5 nitrogen and oxygen atoms in total. The zero-order valence-corrected chi connectivity index (χ0v) is 15.0. The average Bonchev–Trinajstić information content (AvgIpc) is 2.90. The number of halogens is 1. The van der Waals surface area contributed by atoms with Gasteiger partial charge in [-0.05, 0) is 34.8 Å². The number of ketones is 1. The summed E-state index contributed by atoms with van der Waals surface area (Å²) in [6, 6.07) is 1.73. The van der Waals surface area contributed by atoms with Crippen molar-refractivity contribution in [2.24, 2.45) is 0 Å². The molecule has 1 aromatic rings. The standard InChI is InChI=1S/C15H18BrNO4S/c1-3-13(19)17(9-4-6-10(18)7-5-9)11-8-12(16)22-14(11)15(20)21-2/h8-9H,3-7H2,1-2H3. The SMILES string of the molecule is CCC(=O)N(c1cc(Br)sc1C(=O)OC)C1CCC(=O)CC1. The van der Waals surface area contributed by atoms with Crippen LogP contribution < -0.4 is 4.90 Å². The summed E-state index contributed by atoms with van der Waals surface area (Å²) in [5.41, 5.74) is 0.579. The van der Waals surface area contributed by atoms with E-state index in [4.69, 9.17) is 4.74 Å². The van der Waals surface area contributed by atoms with Crippen molar-refractivity contribution in [1.29, 1.82) is 0 Å². The number of ether oxygens (including phenoxy) is 1. The quantitative estimate of drug-likeness (QED) is 0.740. The Labute approximate surface area is 141 Å². The van der Waals surface area contributed by atoms with Crippen LogP contribution in [0.25, 0.3) is 0 Å². The maximum absolute atomic E-state index is 12.4. The number of Topliss-reactive ketones (excluding diaryl/α,β-unsaturated/α-hetero) is 1. The molecule has 1 fully saturated rings. The summed E-state index contributed by atoms with van der Waals surface area (Å²) in [4.78, 5) is 38.0. The van der Waals surface area contributed by atoms with Crippen LogP contribution in [0, 0.1) is 0 Å². The van der Waals surface area contributed by atoms with Crippen molar-refractivity contribution in [3.8, 4) is 0 Å². The van der Waals surface area contributed by atoms with Gasteiger partial charge in [-0.1, -0.05) is 6.92 Å². The molecule has 0 unspecified atom stereocenters. The zero-order valence-electron chi connectivity index (χ0n) is 12.6. The van der Waals surface area contributed by atoms with E-state index in [9.17, 15) is 14.4 Å². The zero-order chi connectivity index (χ0) is 16.3. The van der Waals surface area contributed by atoms with Crippen LogP contribution in [0.5, 0.6) is 0 Å². The molecule has 7 heteroatoms. The number of rotatable bonds is 4. The summed E-state index contributed by atoms with van der Waals surface area (Å²) >= 11 is 4.62. The van der Waals surface area contributed by atoms with Crippen molar-refractivity contribution in [1.82, 2.24) is 0 Å². The van der Waals surface area contributed by atoms with Gasteiger partial charge in [0.25, 0.3) is 0 Å². The van der Waals surface area contributed by atoms with Gasteiger partial charge in [-0.2, -0.15) is 0 Å². The van der Waals surface area contributed by atoms with E-state index in [1.165, 1.54) is 18.4 Å². The Hall–Kier alpha value is -1.21. The minimum Gasteiger partial charge on any atom is -0.465 e. The summed E-state index contributed by atoms with van der Waals surface area (Å²) < 4.78 is 5.58. The predicted octanol–water partition coefficient (Wildman–Crippen LogP) is 3.55. The summed E-state index contributed by atoms with van der Waals surface area (Å²) in [7, 11) is 1.32. The number of esters is 1. The van der Waals surface area contributed by atoms with Gasteiger partial charge in [0.1, 0.15) is 10.7 Å². The van der Waals surface area contributed by atoms with E-state index in [2.05, 4.69) is 15.9 Å². The fourth-order valence-corrected chi connectivity index (χ4v) is 4.15. The lowest BCUT2D eigenvalue weighted by molar-refractivity contribution is -0.122. The first-order valence-electron chi connectivity index (χ1n) is 7.19. The Morgan fingerprint density at radius 1 is 1.41 bits per heavy atom. The monoisotopic (exact) mass is 387 g/mol. The number of carbonyl (C=O) groups is 3. The number of carbonyl (C=O) groups excluding carboxylic acids is 3. The topological polar surface area (TPSA) is 63.7 Å². The number of thiophene rings is 1. The molecule has 0 spiro atoms. The molecule has 1 aliphatic rings. The summed E-state index contributed by atoms with van der Waals surface area (Å²) in [5.74, 6) is -0.263. The lowest BCUT2D eigenvalue weighted by Crippen LogP contribution is -2.43. The molecule has 0 atom stereocenters. The third-order valence-corrected chi connectivity index (χ3v) is 5.37. The number of methoxy groups -OCH3 is 1. The van der Waals surface area contributed by atoms with Gasteiger partial charge in [-0.15, -0.1) is 11.3 Å². The summed E-state index contributed by atoms with van der Waals surface area (Å²) in [6.45, 7) is 1.79. The lowest BCUT2D eigenvalue weighted by Gasteiger charge is -2.33. The van der Waals surface area contributed by atoms with Crippen molar-refractivity contribution in [3.05, 3.63) is 14.7 Å². The van der Waals surface area contributed by atoms with Crippen LogP contribution in [0.1, 0.15) is 48.7 Å². The largest absolute Gasteiger partial charge is 0.465 e. The molecule has 0 aliphatic heterocycles. The fraction of sp³-hybridized carbons (Fsp3) is 0.533. The third-order valence-electron chi connectivity index (χ3n) is 3.76. The van der Waals surface area contributed by atoms with Gasteiger partial charge < -0.3 is 9.64 Å². The van der Waals surface area contributed by atoms with Gasteiger partial charge in [-0.3, -0.25) is 9.59 Å². The molecule has 1 aliphatic carbocycles. The van der Waals surface area contributed by atoms with E-state index in [-0.39, 0.29) is 17.7 Å². The highest BCUT2D eigenvalue weighted by Gasteiger charge is 2.32. The first-order chi connectivity index (χ1) is 10.5. The van der Waals surface area contributed by atoms with E-state index >= 15 is 0 Å². The molecule has 0 saturated heterocycles. The van der Waals surface area contributed by atoms with E-state index in [1.54, 1.807) is 17.9 Å². The molecule has 1 amide bonds. The minimum atomic E-state index is -0.452. The van der Waals surface area contributed by atoms with E-state index in [0.29, 0.717) is 42.7 Å². The smallest absolute Gasteiger partial charge is 0.350 e. The Morgan fingerprint density at radius 2 is 2.05 bits per heavy atom. The second-order valence-electron chi connectivity index (χ2n) is 5.14. The number of nitrogens with zero attached hydrogens (tertiary/aromatic N) is 1. The summed E-state index contributed by atoms with van der Waals surface area (Å²) in [5, 5.41) is 0. The van der Waals surface area contributed by atoms with Crippen LogP contribution >= 0.6 is 27.3 Å². The van der Waals surface area contributed by atoms with Crippen LogP contribution in [0.3, 0.4) is 0 Å². The van der Waals surface area contributed by atoms with Gasteiger partial charge in [0.15, 0.2) is 0 Å². The predicted molar refractivity (Wildman–Crippen MR) is 88.4 cm³/mol. The second kappa shape index (κ2) is 7.37. The van der Waals surface area contributed by atoms with Gasteiger partial charge in [0.05, 0.1) is 16.6 Å². The molecule has 22 heavy (non-hydrogen) atoms. The molecule has 1 heterocycles. The summed E-state index contributed by atoms with van der Waals surface area (Å²) in [6.07, 6.45) is 2.59. The number of hydrogen-bond donors (Lipinski definition) is 0. The minimum absolute atomic E-state index is 0.0462. The maximum atomic E-state index is 12.4. The Balaban J connectivity index is 2.39. The van der Waals surface area contributed by atoms with Crippen LogP contribution in [0.15, 0.2) is 9.85 Å². The van der Waals surface area contributed by atoms with Crippen molar-refractivity contribution in [2.45, 2.75) is 45.1 Å². The number of anilines is 1. The molecule has 1 saturated carbocycles. The highest BCUT2D eigenvalue weighted by atomic mass is 79.9. The molecule has 1 aromatic heterocycles. The molecular formula is C15H18BrNO4S. The van der Waals surface area contributed by atoms with Crippen molar-refractivity contribution < 1.29 is 19.1 Å². The molecule has 120 valence electrons. The Morgan fingerprint density at radius 3 is 2.59 bits per heavy atom. The molecule has 2 rings (SSSR count). The van der Waals surface area contributed by atoms with Gasteiger partial charge in [0.2, 0.25) is 5.91 Å². The van der Waals surface area contributed by atoms with E-state index < -0.39 is 5.97 Å². The van der Waals surface area contributed by atoms with E-state index in [0.717, 1.165) is 3.79 Å². The second-order valence-corrected chi connectivity index (χ2v) is 7.58. The highest BCUT2D eigenvalue weighted by molar-refractivity contribution is 9.11. The Kier molecular flexibility index (Phi) is 5.74. The normalized spacial score (nSPS) is 15.7. The van der Waals surface area contributed by atoms with Gasteiger partial charge >= 0.3 is 5.97 Å². The average molecular weight is 388 g/mol. The van der Waals surface area contributed by atoms with Gasteiger partial charge in [0, 0.05) is 25.3 Å². The molecule has 0 radical (unpaired) electrons. The van der Waals surface area contributed by atoms with Crippen LogP contribution in [0.4, 0.5) is 5.69 Å². The van der Waals surface area contributed by atoms with E-state index in [1.807, 2.05) is 0 Å². The number of hydrogen-bond acceptors (Lipinski definition) is 5. The Bertz CT molecular complexity index is 588. The van der Waals surface area contributed by atoms with Crippen molar-refractivity contribution in [2.75, 3.05) is 12.0 Å². The van der Waals surface area contributed by atoms with Crippen molar-refractivity contribution in [3.63, 3.8) is 0 Å². The number of amides is 1. The van der Waals surface area contributed by atoms with Crippen LogP contribution in [0.2, 0.25) is 0 Å². The fourth-order valence-electron chi connectivity index (χ4n) is 2.66. The first kappa shape index (κ1) is 17.1. The van der Waals surface area contributed by atoms with Crippen LogP contribution in [-0.2, 0) is 14.3 Å². The first-order valence-corrected chi connectivity index (χ1v) is 8.80. The molecule has 0 aromatic carbocycles.